The number of esters is 1. The molecule has 0 atom stereocenters. The van der Waals surface area contributed by atoms with Gasteiger partial charge >= 0.3 is 5.97 Å². The van der Waals surface area contributed by atoms with Gasteiger partial charge in [-0.15, -0.1) is 0 Å². The largest absolute Gasteiger partial charge is 0.464 e. The summed E-state index contributed by atoms with van der Waals surface area (Å²) in [6.45, 7) is 5.81. The second kappa shape index (κ2) is 6.82. The van der Waals surface area contributed by atoms with Gasteiger partial charge in [-0.05, 0) is 51.3 Å². The van der Waals surface area contributed by atoms with Crippen LogP contribution in [0.25, 0.3) is 0 Å². The van der Waals surface area contributed by atoms with E-state index in [9.17, 15) is 4.79 Å². The Morgan fingerprint density at radius 3 is 2.36 bits per heavy atom. The summed E-state index contributed by atoms with van der Waals surface area (Å²) in [5.74, 6) is -0.00644. The summed E-state index contributed by atoms with van der Waals surface area (Å²) in [7, 11) is 0. The molecule has 2 aliphatic rings. The highest BCUT2D eigenvalue weighted by atomic mass is 16.5. The first-order chi connectivity index (χ1) is 10.7. The zero-order valence-corrected chi connectivity index (χ0v) is 13.6. The van der Waals surface area contributed by atoms with E-state index < -0.39 is 5.41 Å². The number of hydrogen-bond donors (Lipinski definition) is 0. The van der Waals surface area contributed by atoms with Gasteiger partial charge < -0.3 is 4.74 Å². The molecule has 0 bridgehead atoms. The predicted molar refractivity (Wildman–Crippen MR) is 88.0 cm³/mol. The average Bonchev–Trinajstić information content (AvgIpc) is 3.20. The van der Waals surface area contributed by atoms with Crippen molar-refractivity contribution >= 4 is 5.97 Å². The van der Waals surface area contributed by atoms with E-state index in [1.807, 2.05) is 0 Å². The average molecular weight is 301 g/mol. The Bertz CT molecular complexity index is 497. The lowest BCUT2D eigenvalue weighted by atomic mass is 9.78. The van der Waals surface area contributed by atoms with E-state index in [1.54, 1.807) is 0 Å². The molecule has 0 spiro atoms. The number of carbonyl (C=O) groups is 1. The summed E-state index contributed by atoms with van der Waals surface area (Å²) in [6.07, 6.45) is 6.66. The number of nitrogens with zero attached hydrogens (tertiary/aromatic N) is 1. The molecule has 3 heteroatoms. The summed E-state index contributed by atoms with van der Waals surface area (Å²) >= 11 is 0. The molecular formula is C19H27NO2. The van der Waals surface area contributed by atoms with Gasteiger partial charge in [0.25, 0.3) is 0 Å². The van der Waals surface area contributed by atoms with Crippen LogP contribution in [0.2, 0.25) is 0 Å². The number of likely N-dealkylation sites (tertiary alicyclic amines) is 1. The second-order valence-electron chi connectivity index (χ2n) is 6.84. The Labute approximate surface area is 133 Å². The van der Waals surface area contributed by atoms with Gasteiger partial charge in [0.15, 0.2) is 0 Å². The van der Waals surface area contributed by atoms with E-state index in [0.717, 1.165) is 50.9 Å². The van der Waals surface area contributed by atoms with Crippen LogP contribution in [0.4, 0.5) is 0 Å². The van der Waals surface area contributed by atoms with Crippen molar-refractivity contribution in [2.45, 2.75) is 50.9 Å². The molecular weight excluding hydrogens is 274 g/mol. The summed E-state index contributed by atoms with van der Waals surface area (Å²) in [5, 5.41) is 0. The lowest BCUT2D eigenvalue weighted by Gasteiger charge is -2.28. The van der Waals surface area contributed by atoms with E-state index in [4.69, 9.17) is 4.74 Å². The van der Waals surface area contributed by atoms with Crippen LogP contribution in [0.15, 0.2) is 24.3 Å². The maximum atomic E-state index is 12.8. The van der Waals surface area contributed by atoms with Crippen molar-refractivity contribution in [3.63, 3.8) is 0 Å². The van der Waals surface area contributed by atoms with Crippen LogP contribution in [0, 0.1) is 6.92 Å². The Morgan fingerprint density at radius 2 is 1.73 bits per heavy atom. The highest BCUT2D eigenvalue weighted by Gasteiger charge is 2.44. The Balaban J connectivity index is 1.64. The van der Waals surface area contributed by atoms with Crippen LogP contribution in [0.3, 0.4) is 0 Å². The molecule has 1 saturated heterocycles. The molecule has 1 saturated carbocycles. The van der Waals surface area contributed by atoms with Gasteiger partial charge in [0.1, 0.15) is 6.61 Å². The van der Waals surface area contributed by atoms with Crippen molar-refractivity contribution in [3.05, 3.63) is 35.4 Å². The fourth-order valence-corrected chi connectivity index (χ4v) is 3.87. The highest BCUT2D eigenvalue weighted by Crippen LogP contribution is 2.42. The first-order valence-electron chi connectivity index (χ1n) is 8.67. The molecule has 0 N–H and O–H groups in total. The van der Waals surface area contributed by atoms with Gasteiger partial charge in [-0.3, -0.25) is 9.69 Å². The Morgan fingerprint density at radius 1 is 1.09 bits per heavy atom. The van der Waals surface area contributed by atoms with E-state index in [-0.39, 0.29) is 5.97 Å². The van der Waals surface area contributed by atoms with Crippen molar-refractivity contribution in [3.8, 4) is 0 Å². The molecule has 1 aliphatic carbocycles. The monoisotopic (exact) mass is 301 g/mol. The molecule has 0 radical (unpaired) electrons. The number of hydrogen-bond acceptors (Lipinski definition) is 3. The standard InChI is InChI=1S/C19H27NO2/c1-16-6-8-17(9-7-16)19(10-2-3-11-19)18(21)22-15-14-20-12-4-5-13-20/h6-9H,2-5,10-15H2,1H3. The third-order valence-corrected chi connectivity index (χ3v) is 5.29. The minimum absolute atomic E-state index is 0.00644. The van der Waals surface area contributed by atoms with E-state index in [1.165, 1.54) is 18.4 Å². The second-order valence-corrected chi connectivity index (χ2v) is 6.84. The van der Waals surface area contributed by atoms with Gasteiger partial charge in [-0.25, -0.2) is 0 Å². The summed E-state index contributed by atoms with van der Waals surface area (Å²) in [6, 6.07) is 8.44. The van der Waals surface area contributed by atoms with Crippen molar-refractivity contribution in [2.24, 2.45) is 0 Å². The van der Waals surface area contributed by atoms with Gasteiger partial charge in [0.2, 0.25) is 0 Å². The summed E-state index contributed by atoms with van der Waals surface area (Å²) < 4.78 is 5.70. The first kappa shape index (κ1) is 15.5. The summed E-state index contributed by atoms with van der Waals surface area (Å²) in [5.41, 5.74) is 1.99. The molecule has 1 heterocycles. The Hall–Kier alpha value is -1.35. The zero-order valence-electron chi connectivity index (χ0n) is 13.6. The van der Waals surface area contributed by atoms with Crippen LogP contribution < -0.4 is 0 Å². The van der Waals surface area contributed by atoms with E-state index in [2.05, 4.69) is 36.1 Å². The van der Waals surface area contributed by atoms with Gasteiger partial charge in [-0.2, -0.15) is 0 Å². The molecule has 1 aliphatic heterocycles. The molecule has 2 fully saturated rings. The van der Waals surface area contributed by atoms with Crippen LogP contribution in [-0.4, -0.2) is 37.1 Å². The summed E-state index contributed by atoms with van der Waals surface area (Å²) in [4.78, 5) is 15.2. The minimum atomic E-state index is -0.390. The topological polar surface area (TPSA) is 29.5 Å². The molecule has 3 rings (SSSR count). The van der Waals surface area contributed by atoms with Crippen LogP contribution in [0.5, 0.6) is 0 Å². The Kier molecular flexibility index (Phi) is 4.82. The molecule has 0 amide bonds. The van der Waals surface area contributed by atoms with Gasteiger partial charge in [0, 0.05) is 6.54 Å². The van der Waals surface area contributed by atoms with E-state index in [0.29, 0.717) is 6.61 Å². The first-order valence-corrected chi connectivity index (χ1v) is 8.67. The lowest BCUT2D eigenvalue weighted by molar-refractivity contribution is -0.151. The SMILES string of the molecule is Cc1ccc(C2(C(=O)OCCN3CCCC3)CCCC2)cc1. The number of aryl methyl sites for hydroxylation is 1. The fourth-order valence-electron chi connectivity index (χ4n) is 3.87. The molecule has 0 unspecified atom stereocenters. The van der Waals surface area contributed by atoms with Crippen LogP contribution in [0.1, 0.15) is 49.7 Å². The molecule has 1 aromatic rings. The third kappa shape index (κ3) is 3.19. The van der Waals surface area contributed by atoms with Crippen molar-refractivity contribution in [2.75, 3.05) is 26.2 Å². The highest BCUT2D eigenvalue weighted by molar-refractivity contribution is 5.83. The molecule has 120 valence electrons. The van der Waals surface area contributed by atoms with Gasteiger partial charge in [0.05, 0.1) is 5.41 Å². The van der Waals surface area contributed by atoms with Crippen LogP contribution >= 0.6 is 0 Å². The van der Waals surface area contributed by atoms with Crippen LogP contribution in [-0.2, 0) is 14.9 Å². The normalized spacial score (nSPS) is 21.1. The van der Waals surface area contributed by atoms with Crippen molar-refractivity contribution in [1.29, 1.82) is 0 Å². The maximum Gasteiger partial charge on any atom is 0.316 e. The van der Waals surface area contributed by atoms with Gasteiger partial charge in [-0.1, -0.05) is 42.7 Å². The number of rotatable bonds is 5. The zero-order chi connectivity index (χ0) is 15.4. The maximum absolute atomic E-state index is 12.8. The minimum Gasteiger partial charge on any atom is -0.464 e. The number of ether oxygens (including phenoxy) is 1. The smallest absolute Gasteiger partial charge is 0.316 e. The molecule has 1 aromatic carbocycles. The van der Waals surface area contributed by atoms with E-state index >= 15 is 0 Å². The van der Waals surface area contributed by atoms with Crippen molar-refractivity contribution < 1.29 is 9.53 Å². The predicted octanol–water partition coefficient (Wildman–Crippen LogP) is 3.45. The lowest BCUT2D eigenvalue weighted by Crippen LogP contribution is -2.36. The molecule has 22 heavy (non-hydrogen) atoms. The number of benzene rings is 1. The quantitative estimate of drug-likeness (QED) is 0.780. The third-order valence-electron chi connectivity index (χ3n) is 5.29. The fraction of sp³-hybridized carbons (Fsp3) is 0.632. The van der Waals surface area contributed by atoms with Crippen molar-refractivity contribution in [1.82, 2.24) is 4.90 Å². The molecule has 3 nitrogen and oxygen atoms in total. The number of carbonyl (C=O) groups excluding carboxylic acids is 1. The molecule has 0 aromatic heterocycles.